The summed E-state index contributed by atoms with van der Waals surface area (Å²) in [6.07, 6.45) is 5.32. The Balaban J connectivity index is 1.32. The minimum absolute atomic E-state index is 0.0160. The number of piperidine rings is 2. The van der Waals surface area contributed by atoms with Crippen molar-refractivity contribution in [2.24, 2.45) is 23.7 Å². The molecular formula is C32H47N5O4. The van der Waals surface area contributed by atoms with Crippen LogP contribution in [0.1, 0.15) is 81.6 Å². The smallest absolute Gasteiger partial charge is 0.322 e. The summed E-state index contributed by atoms with van der Waals surface area (Å²) in [5.74, 6) is 1.36. The lowest BCUT2D eigenvalue weighted by Crippen LogP contribution is -2.60. The van der Waals surface area contributed by atoms with Crippen molar-refractivity contribution in [1.82, 2.24) is 20.4 Å². The number of anilines is 1. The SMILES string of the molecule is Cc1ccc(C(=O)N2C[C@@H]3C[C@@H](C2)[C@@H]2CCCC(=O)N[C@H](C(C)C)CC[C@@H](C)CC(=O)N2C3)cc1N1CCNC1=O. The molecule has 0 aromatic heterocycles. The van der Waals surface area contributed by atoms with E-state index in [0.29, 0.717) is 57.0 Å². The molecule has 0 unspecified atom stereocenters. The van der Waals surface area contributed by atoms with Gasteiger partial charge in [0.15, 0.2) is 0 Å². The van der Waals surface area contributed by atoms with E-state index in [4.69, 9.17) is 0 Å². The zero-order chi connectivity index (χ0) is 29.3. The third-order valence-electron chi connectivity index (χ3n) is 9.73. The number of nitrogens with zero attached hydrogens (tertiary/aromatic N) is 3. The van der Waals surface area contributed by atoms with Gasteiger partial charge in [0.05, 0.1) is 0 Å². The number of amides is 5. The Morgan fingerprint density at radius 3 is 2.59 bits per heavy atom. The second kappa shape index (κ2) is 12.4. The van der Waals surface area contributed by atoms with E-state index in [0.717, 1.165) is 43.4 Å². The Hall–Kier alpha value is -3.10. The third-order valence-corrected chi connectivity index (χ3v) is 9.73. The van der Waals surface area contributed by atoms with E-state index in [1.54, 1.807) is 4.90 Å². The first-order chi connectivity index (χ1) is 19.6. The van der Waals surface area contributed by atoms with Crippen LogP contribution in [0.5, 0.6) is 0 Å². The van der Waals surface area contributed by atoms with Gasteiger partial charge in [0, 0.05) is 68.9 Å². The van der Waals surface area contributed by atoms with Crippen LogP contribution in [0.3, 0.4) is 0 Å². The maximum absolute atomic E-state index is 13.8. The highest BCUT2D eigenvalue weighted by molar-refractivity contribution is 5.99. The fourth-order valence-electron chi connectivity index (χ4n) is 7.39. The van der Waals surface area contributed by atoms with Crippen LogP contribution in [0.2, 0.25) is 0 Å². The van der Waals surface area contributed by atoms with Crippen LogP contribution in [-0.4, -0.2) is 78.4 Å². The van der Waals surface area contributed by atoms with Gasteiger partial charge in [0.2, 0.25) is 11.8 Å². The van der Waals surface area contributed by atoms with Crippen LogP contribution >= 0.6 is 0 Å². The molecule has 5 amide bonds. The van der Waals surface area contributed by atoms with Crippen molar-refractivity contribution in [2.45, 2.75) is 84.7 Å². The molecule has 9 nitrogen and oxygen atoms in total. The first-order valence-corrected chi connectivity index (χ1v) is 15.6. The number of hydrogen-bond acceptors (Lipinski definition) is 4. The van der Waals surface area contributed by atoms with Gasteiger partial charge in [0.25, 0.3) is 5.91 Å². The second-order valence-electron chi connectivity index (χ2n) is 13.3. The maximum atomic E-state index is 13.8. The van der Waals surface area contributed by atoms with Crippen molar-refractivity contribution in [1.29, 1.82) is 0 Å². The first-order valence-electron chi connectivity index (χ1n) is 15.6. The topological polar surface area (TPSA) is 102 Å². The van der Waals surface area contributed by atoms with E-state index in [-0.39, 0.29) is 53.6 Å². The van der Waals surface area contributed by atoms with Crippen LogP contribution in [-0.2, 0) is 9.59 Å². The summed E-state index contributed by atoms with van der Waals surface area (Å²) in [7, 11) is 0. The standard InChI is InChI=1S/C32H47N5O4/c1-20(2)26-11-8-21(3)14-30(39)37-18-23-15-25(27(37)6-5-7-29(38)34-26)19-35(17-23)31(40)24-10-9-22(4)28(16-24)36-13-12-33-32(36)41/h9-10,16,20-21,23,25-27H,5-8,11-15,17-19H2,1-4H3,(H,33,41)(H,34,38)/t21-,23+,25+,26+,27+/m1/s1. The van der Waals surface area contributed by atoms with Crippen LogP contribution in [0.4, 0.5) is 10.5 Å². The molecule has 4 heterocycles. The molecule has 1 aromatic carbocycles. The lowest BCUT2D eigenvalue weighted by Gasteiger charge is -2.51. The van der Waals surface area contributed by atoms with Gasteiger partial charge in [0.1, 0.15) is 0 Å². The fraction of sp³-hybridized carbons (Fsp3) is 0.688. The summed E-state index contributed by atoms with van der Waals surface area (Å²) in [4.78, 5) is 58.4. The molecule has 4 fully saturated rings. The summed E-state index contributed by atoms with van der Waals surface area (Å²) in [6, 6.07) is 5.69. The number of carbonyl (C=O) groups is 4. The van der Waals surface area contributed by atoms with Gasteiger partial charge in [-0.05, 0) is 80.4 Å². The molecule has 5 rings (SSSR count). The Bertz CT molecular complexity index is 1170. The van der Waals surface area contributed by atoms with E-state index in [1.807, 2.05) is 30.0 Å². The Labute approximate surface area is 244 Å². The summed E-state index contributed by atoms with van der Waals surface area (Å²) in [5, 5.41) is 6.09. The molecule has 0 saturated carbocycles. The number of urea groups is 1. The summed E-state index contributed by atoms with van der Waals surface area (Å²) in [6.45, 7) is 11.5. The molecule has 4 saturated heterocycles. The van der Waals surface area contributed by atoms with Crippen molar-refractivity contribution in [3.63, 3.8) is 0 Å². The Morgan fingerprint density at radius 2 is 1.85 bits per heavy atom. The fourth-order valence-corrected chi connectivity index (χ4v) is 7.39. The average molecular weight is 566 g/mol. The third kappa shape index (κ3) is 6.54. The summed E-state index contributed by atoms with van der Waals surface area (Å²) < 4.78 is 0. The Morgan fingerprint density at radius 1 is 1.05 bits per heavy atom. The van der Waals surface area contributed by atoms with E-state index in [1.165, 1.54) is 0 Å². The zero-order valence-electron chi connectivity index (χ0n) is 25.2. The normalized spacial score (nSPS) is 29.7. The molecule has 4 aliphatic heterocycles. The van der Waals surface area contributed by atoms with E-state index in [2.05, 4.69) is 36.3 Å². The first kappa shape index (κ1) is 29.4. The largest absolute Gasteiger partial charge is 0.353 e. The minimum atomic E-state index is -0.129. The summed E-state index contributed by atoms with van der Waals surface area (Å²) in [5.41, 5.74) is 2.34. The van der Waals surface area contributed by atoms with E-state index >= 15 is 0 Å². The van der Waals surface area contributed by atoms with Gasteiger partial charge >= 0.3 is 6.03 Å². The number of nitrogens with one attached hydrogen (secondary N) is 2. The summed E-state index contributed by atoms with van der Waals surface area (Å²) >= 11 is 0. The van der Waals surface area contributed by atoms with E-state index < -0.39 is 0 Å². The quantitative estimate of drug-likeness (QED) is 0.580. The van der Waals surface area contributed by atoms with Crippen molar-refractivity contribution in [3.8, 4) is 0 Å². The van der Waals surface area contributed by atoms with Gasteiger partial charge in [-0.3, -0.25) is 19.3 Å². The van der Waals surface area contributed by atoms with Crippen LogP contribution in [0.15, 0.2) is 18.2 Å². The zero-order valence-corrected chi connectivity index (χ0v) is 25.2. The van der Waals surface area contributed by atoms with Gasteiger partial charge in [-0.15, -0.1) is 0 Å². The molecule has 2 bridgehead atoms. The molecule has 0 spiro atoms. The number of carbonyl (C=O) groups excluding carboxylic acids is 4. The van der Waals surface area contributed by atoms with Crippen LogP contribution < -0.4 is 15.5 Å². The average Bonchev–Trinajstić information content (AvgIpc) is 3.36. The Kier molecular flexibility index (Phi) is 8.90. The number of likely N-dealkylation sites (tertiary alicyclic amines) is 1. The monoisotopic (exact) mass is 565 g/mol. The minimum Gasteiger partial charge on any atom is -0.353 e. The van der Waals surface area contributed by atoms with Crippen molar-refractivity contribution in [3.05, 3.63) is 29.3 Å². The number of benzene rings is 1. The van der Waals surface area contributed by atoms with E-state index in [9.17, 15) is 19.2 Å². The molecule has 0 aliphatic carbocycles. The van der Waals surface area contributed by atoms with Gasteiger partial charge in [-0.25, -0.2) is 4.79 Å². The number of hydrogen-bond donors (Lipinski definition) is 2. The van der Waals surface area contributed by atoms with Crippen LogP contribution in [0.25, 0.3) is 0 Å². The van der Waals surface area contributed by atoms with Crippen molar-refractivity contribution in [2.75, 3.05) is 37.6 Å². The van der Waals surface area contributed by atoms with Gasteiger partial charge < -0.3 is 20.4 Å². The molecule has 5 atom stereocenters. The predicted molar refractivity (Wildman–Crippen MR) is 159 cm³/mol. The maximum Gasteiger partial charge on any atom is 0.322 e. The van der Waals surface area contributed by atoms with Crippen LogP contribution in [0, 0.1) is 30.6 Å². The predicted octanol–water partition coefficient (Wildman–Crippen LogP) is 3.94. The lowest BCUT2D eigenvalue weighted by molar-refractivity contribution is -0.141. The highest BCUT2D eigenvalue weighted by atomic mass is 16.2. The van der Waals surface area contributed by atoms with Crippen molar-refractivity contribution >= 4 is 29.4 Å². The highest BCUT2D eigenvalue weighted by Crippen LogP contribution is 2.37. The molecule has 4 aliphatic rings. The molecule has 0 radical (unpaired) electrons. The molecular weight excluding hydrogens is 518 g/mol. The molecule has 41 heavy (non-hydrogen) atoms. The van der Waals surface area contributed by atoms with Gasteiger partial charge in [-0.2, -0.15) is 0 Å². The lowest BCUT2D eigenvalue weighted by atomic mass is 9.77. The number of aryl methyl sites for hydroxylation is 1. The molecule has 2 N–H and O–H groups in total. The molecule has 9 heteroatoms. The number of rotatable bonds is 3. The number of fused-ring (bicyclic) bond motifs is 4. The van der Waals surface area contributed by atoms with Gasteiger partial charge in [-0.1, -0.05) is 26.8 Å². The second-order valence-corrected chi connectivity index (χ2v) is 13.3. The highest BCUT2D eigenvalue weighted by Gasteiger charge is 2.44. The van der Waals surface area contributed by atoms with Crippen molar-refractivity contribution < 1.29 is 19.2 Å². The molecule has 224 valence electrons. The molecule has 1 aromatic rings.